The predicted octanol–water partition coefficient (Wildman–Crippen LogP) is 4.22. The molecule has 0 bridgehead atoms. The molecule has 0 fully saturated rings. The lowest BCUT2D eigenvalue weighted by Crippen LogP contribution is -2.29. The molecule has 29 heavy (non-hydrogen) atoms. The number of amides is 1. The Kier molecular flexibility index (Phi) is 4.84. The lowest BCUT2D eigenvalue weighted by atomic mass is 9.95. The molecule has 1 aromatic heterocycles. The summed E-state index contributed by atoms with van der Waals surface area (Å²) < 4.78 is 5.66. The van der Waals surface area contributed by atoms with Crippen molar-refractivity contribution in [2.75, 3.05) is 13.2 Å². The summed E-state index contributed by atoms with van der Waals surface area (Å²) in [6.07, 6.45) is 1.71. The minimum Gasteiger partial charge on any atom is -0.507 e. The van der Waals surface area contributed by atoms with Crippen LogP contribution in [0, 0.1) is 6.92 Å². The average Bonchev–Trinajstić information content (AvgIpc) is 3.24. The largest absolute Gasteiger partial charge is 0.507 e. The number of nitrogens with zero attached hydrogens (tertiary/aromatic N) is 2. The van der Waals surface area contributed by atoms with Crippen LogP contribution in [0.3, 0.4) is 0 Å². The Morgan fingerprint density at radius 1 is 1.31 bits per heavy atom. The van der Waals surface area contributed by atoms with Gasteiger partial charge in [0.15, 0.2) is 0 Å². The molecule has 0 saturated carbocycles. The van der Waals surface area contributed by atoms with E-state index in [1.165, 1.54) is 0 Å². The van der Waals surface area contributed by atoms with Gasteiger partial charge in [-0.3, -0.25) is 9.89 Å². The first-order chi connectivity index (χ1) is 14.0. The van der Waals surface area contributed by atoms with Gasteiger partial charge < -0.3 is 14.7 Å². The molecule has 2 N–H and O–H groups in total. The Balaban J connectivity index is 1.91. The zero-order chi connectivity index (χ0) is 20.5. The van der Waals surface area contributed by atoms with E-state index < -0.39 is 0 Å². The first-order valence-electron chi connectivity index (χ1n) is 9.58. The minimum atomic E-state index is -0.357. The molecule has 2 heterocycles. The third-order valence-electron chi connectivity index (χ3n) is 5.08. The fourth-order valence-electron chi connectivity index (χ4n) is 3.86. The van der Waals surface area contributed by atoms with Gasteiger partial charge in [-0.2, -0.15) is 5.10 Å². The van der Waals surface area contributed by atoms with Crippen molar-refractivity contribution in [3.8, 4) is 22.8 Å². The van der Waals surface area contributed by atoms with E-state index in [9.17, 15) is 9.90 Å². The van der Waals surface area contributed by atoms with Gasteiger partial charge in [0, 0.05) is 17.7 Å². The highest BCUT2D eigenvalue weighted by molar-refractivity contribution is 6.00. The third-order valence-corrected chi connectivity index (χ3v) is 5.08. The second-order valence-corrected chi connectivity index (χ2v) is 7.04. The zero-order valence-electron chi connectivity index (χ0n) is 16.5. The number of hydrogen-bond donors (Lipinski definition) is 2. The molecule has 148 valence electrons. The molecular formula is C23H23N3O3. The van der Waals surface area contributed by atoms with E-state index in [0.717, 1.165) is 22.4 Å². The minimum absolute atomic E-state index is 0.126. The molecule has 1 amide bonds. The van der Waals surface area contributed by atoms with Gasteiger partial charge in [-0.1, -0.05) is 29.8 Å². The number of aromatic amines is 1. The van der Waals surface area contributed by atoms with E-state index in [1.807, 2.05) is 50.2 Å². The monoisotopic (exact) mass is 389 g/mol. The number of hydrogen-bond acceptors (Lipinski definition) is 4. The molecule has 0 radical (unpaired) electrons. The van der Waals surface area contributed by atoms with Crippen LogP contribution in [0.15, 0.2) is 55.1 Å². The molecule has 1 aliphatic rings. The summed E-state index contributed by atoms with van der Waals surface area (Å²) in [5.74, 6) is 0.729. The number of nitrogens with one attached hydrogen (secondary N) is 1. The maximum Gasteiger partial charge on any atom is 0.273 e. The number of phenolic OH excluding ortho intramolecular Hbond substituents is 1. The van der Waals surface area contributed by atoms with Gasteiger partial charge in [-0.25, -0.2) is 0 Å². The number of carbonyl (C=O) groups excluding carboxylic acids is 1. The number of H-pyrrole nitrogens is 1. The average molecular weight is 389 g/mol. The van der Waals surface area contributed by atoms with Gasteiger partial charge in [-0.05, 0) is 43.7 Å². The normalized spacial score (nSPS) is 15.4. The van der Waals surface area contributed by atoms with E-state index >= 15 is 0 Å². The highest BCUT2D eigenvalue weighted by Crippen LogP contribution is 2.44. The summed E-state index contributed by atoms with van der Waals surface area (Å²) in [5.41, 5.74) is 4.28. The van der Waals surface area contributed by atoms with Crippen molar-refractivity contribution in [3.63, 3.8) is 0 Å². The molecule has 6 heteroatoms. The van der Waals surface area contributed by atoms with E-state index in [0.29, 0.717) is 30.1 Å². The second-order valence-electron chi connectivity index (χ2n) is 7.04. The van der Waals surface area contributed by atoms with Crippen LogP contribution in [0.5, 0.6) is 11.5 Å². The highest BCUT2D eigenvalue weighted by Gasteiger charge is 2.42. The lowest BCUT2D eigenvalue weighted by Gasteiger charge is -2.25. The molecule has 0 unspecified atom stereocenters. The number of carbonyl (C=O) groups is 1. The van der Waals surface area contributed by atoms with E-state index in [4.69, 9.17) is 4.74 Å². The summed E-state index contributed by atoms with van der Waals surface area (Å²) in [5, 5.41) is 17.7. The van der Waals surface area contributed by atoms with Crippen LogP contribution < -0.4 is 4.74 Å². The summed E-state index contributed by atoms with van der Waals surface area (Å²) in [6.45, 7) is 8.64. The first-order valence-corrected chi connectivity index (χ1v) is 9.58. The molecule has 6 nitrogen and oxygen atoms in total. The molecule has 3 aromatic rings. The molecule has 0 spiro atoms. The smallest absolute Gasteiger partial charge is 0.273 e. The Morgan fingerprint density at radius 3 is 2.90 bits per heavy atom. The van der Waals surface area contributed by atoms with Crippen LogP contribution in [-0.2, 0) is 0 Å². The fraction of sp³-hybridized carbons (Fsp3) is 0.217. The van der Waals surface area contributed by atoms with Crippen LogP contribution in [-0.4, -0.2) is 39.3 Å². The second kappa shape index (κ2) is 7.47. The summed E-state index contributed by atoms with van der Waals surface area (Å²) >= 11 is 0. The maximum atomic E-state index is 13.1. The quantitative estimate of drug-likeness (QED) is 0.619. The maximum absolute atomic E-state index is 13.1. The Morgan fingerprint density at radius 2 is 2.14 bits per heavy atom. The molecule has 0 aliphatic carbocycles. The third kappa shape index (κ3) is 3.16. The number of ether oxygens (including phenoxy) is 1. The SMILES string of the molecule is C=CCN1C(=O)c2[nH]nc(-c3cc(C)ccc3O)c2[C@@H]1c1cccc(OCC)c1. The van der Waals surface area contributed by atoms with E-state index in [1.54, 1.807) is 17.0 Å². The van der Waals surface area contributed by atoms with Gasteiger partial charge >= 0.3 is 0 Å². The summed E-state index contributed by atoms with van der Waals surface area (Å²) in [4.78, 5) is 14.8. The molecule has 1 aliphatic heterocycles. The summed E-state index contributed by atoms with van der Waals surface area (Å²) in [7, 11) is 0. The number of benzene rings is 2. The van der Waals surface area contributed by atoms with Crippen LogP contribution in [0.1, 0.15) is 40.1 Å². The van der Waals surface area contributed by atoms with Gasteiger partial charge in [0.05, 0.1) is 12.6 Å². The molecule has 1 atom stereocenters. The first kappa shape index (κ1) is 18.8. The molecule has 4 rings (SSSR count). The Bertz CT molecular complexity index is 1090. The number of aromatic nitrogens is 2. The topological polar surface area (TPSA) is 78.5 Å². The summed E-state index contributed by atoms with van der Waals surface area (Å²) in [6, 6.07) is 12.7. The number of aromatic hydroxyl groups is 1. The van der Waals surface area contributed by atoms with Crippen LogP contribution in [0.2, 0.25) is 0 Å². The number of phenols is 1. The van der Waals surface area contributed by atoms with Crippen LogP contribution in [0.4, 0.5) is 0 Å². The van der Waals surface area contributed by atoms with Crippen LogP contribution in [0.25, 0.3) is 11.3 Å². The van der Waals surface area contributed by atoms with Gasteiger partial charge in [0.25, 0.3) is 5.91 Å². The lowest BCUT2D eigenvalue weighted by molar-refractivity contribution is 0.0764. The van der Waals surface area contributed by atoms with Crippen molar-refractivity contribution in [2.45, 2.75) is 19.9 Å². The Hall–Kier alpha value is -3.54. The number of fused-ring (bicyclic) bond motifs is 1. The van der Waals surface area contributed by atoms with E-state index in [2.05, 4.69) is 16.8 Å². The van der Waals surface area contributed by atoms with Gasteiger partial charge in [0.2, 0.25) is 0 Å². The van der Waals surface area contributed by atoms with Crippen molar-refractivity contribution >= 4 is 5.91 Å². The zero-order valence-corrected chi connectivity index (χ0v) is 16.5. The fourth-order valence-corrected chi connectivity index (χ4v) is 3.86. The van der Waals surface area contributed by atoms with Crippen molar-refractivity contribution in [3.05, 3.63) is 77.5 Å². The molecular weight excluding hydrogens is 366 g/mol. The van der Waals surface area contributed by atoms with Gasteiger partial charge in [0.1, 0.15) is 22.9 Å². The van der Waals surface area contributed by atoms with Crippen molar-refractivity contribution in [1.29, 1.82) is 0 Å². The highest BCUT2D eigenvalue weighted by atomic mass is 16.5. The van der Waals surface area contributed by atoms with Crippen molar-refractivity contribution < 1.29 is 14.6 Å². The predicted molar refractivity (Wildman–Crippen MR) is 111 cm³/mol. The Labute approximate surface area is 169 Å². The van der Waals surface area contributed by atoms with Crippen molar-refractivity contribution in [2.24, 2.45) is 0 Å². The van der Waals surface area contributed by atoms with Gasteiger partial charge in [-0.15, -0.1) is 6.58 Å². The standard InChI is InChI=1S/C23H23N3O3/c1-4-11-26-22(15-7-6-8-16(13-15)29-5-2)19-20(24-25-21(19)23(26)28)17-12-14(3)9-10-18(17)27/h4,6-10,12-13,22,27H,1,5,11H2,2-3H3,(H,24,25)/t22-/m0/s1. The molecule has 0 saturated heterocycles. The van der Waals surface area contributed by atoms with E-state index in [-0.39, 0.29) is 17.7 Å². The number of rotatable bonds is 6. The molecule has 2 aromatic carbocycles. The van der Waals surface area contributed by atoms with Crippen molar-refractivity contribution in [1.82, 2.24) is 15.1 Å². The number of aryl methyl sites for hydroxylation is 1. The van der Waals surface area contributed by atoms with Crippen LogP contribution >= 0.6 is 0 Å².